The Morgan fingerprint density at radius 1 is 1.24 bits per heavy atom. The molecule has 2 aromatic carbocycles. The topological polar surface area (TPSA) is 198 Å². The van der Waals surface area contributed by atoms with Crippen molar-refractivity contribution in [2.75, 3.05) is 13.1 Å². The predicted molar refractivity (Wildman–Crippen MR) is 124 cm³/mol. The maximum Gasteiger partial charge on any atom is 0.547 e. The summed E-state index contributed by atoms with van der Waals surface area (Å²) in [5.41, 5.74) is -1.48. The fourth-order valence-corrected chi connectivity index (χ4v) is 4.33. The summed E-state index contributed by atoms with van der Waals surface area (Å²) in [5, 5.41) is 45.3. The molecule has 2 heterocycles. The maximum absolute atomic E-state index is 14.9. The number of fused-ring (bicyclic) bond motifs is 1. The van der Waals surface area contributed by atoms with Crippen molar-refractivity contribution in [1.29, 1.82) is 0 Å². The highest BCUT2D eigenvalue weighted by Gasteiger charge is 2.41. The van der Waals surface area contributed by atoms with Gasteiger partial charge in [-0.3, -0.25) is 4.79 Å². The van der Waals surface area contributed by atoms with Gasteiger partial charge in [0.15, 0.2) is 11.5 Å². The van der Waals surface area contributed by atoms with E-state index >= 15 is 0 Å². The summed E-state index contributed by atoms with van der Waals surface area (Å²) in [4.78, 5) is 50.0. The number of phenolic OH excluding ortho intramolecular Hbond substituents is 2. The average molecular weight is 555 g/mol. The number of nitrogens with one attached hydrogen (secondary N) is 3. The minimum atomic E-state index is -2.01. The first-order chi connectivity index (χ1) is 17.9. The van der Waals surface area contributed by atoms with Gasteiger partial charge >= 0.3 is 25.1 Å². The zero-order valence-corrected chi connectivity index (χ0v) is 19.8. The number of rotatable bonds is 5. The summed E-state index contributed by atoms with van der Waals surface area (Å²) >= 11 is 5.98. The van der Waals surface area contributed by atoms with Gasteiger partial charge in [-0.1, -0.05) is 17.7 Å². The van der Waals surface area contributed by atoms with Crippen LogP contribution in [0.2, 0.25) is 5.02 Å². The number of urea groups is 2. The molecule has 0 aliphatic carbocycles. The van der Waals surface area contributed by atoms with Crippen LogP contribution in [0.4, 0.5) is 18.4 Å². The molecule has 1 saturated heterocycles. The van der Waals surface area contributed by atoms with Crippen molar-refractivity contribution in [3.05, 3.63) is 51.5 Å². The van der Waals surface area contributed by atoms with Crippen molar-refractivity contribution in [1.82, 2.24) is 20.9 Å². The van der Waals surface area contributed by atoms with E-state index in [2.05, 4.69) is 16.0 Å². The monoisotopic (exact) mass is 554 g/mol. The highest BCUT2D eigenvalue weighted by molar-refractivity contribution is 6.47. The molecule has 7 N–H and O–H groups in total. The van der Waals surface area contributed by atoms with E-state index in [0.29, 0.717) is 11.0 Å². The molecule has 38 heavy (non-hydrogen) atoms. The smallest absolute Gasteiger partial charge is 0.534 e. The molecule has 4 rings (SSSR count). The quantitative estimate of drug-likeness (QED) is 0.205. The molecule has 0 saturated carbocycles. The van der Waals surface area contributed by atoms with E-state index in [1.54, 1.807) is 0 Å². The van der Waals surface area contributed by atoms with Crippen molar-refractivity contribution in [2.24, 2.45) is 0 Å². The van der Waals surface area contributed by atoms with Gasteiger partial charge in [0.1, 0.15) is 29.0 Å². The van der Waals surface area contributed by atoms with Gasteiger partial charge in [-0.15, -0.1) is 0 Å². The molecule has 0 aromatic heterocycles. The maximum atomic E-state index is 14.9. The number of halogens is 3. The number of carboxylic acids is 1. The van der Waals surface area contributed by atoms with Crippen molar-refractivity contribution in [2.45, 2.75) is 18.4 Å². The standard InChI is InChI=1S/C21H18BClF2N4O9/c23-14-12(9(25)6-10(30)16(14)31)15(28-21(36)29-4-3-26-20(29)35)18(32)27-11-5-7-1-2-8(24)13(19(33)34)17(7)38-22(11)37/h1-2,6,11,15,30-31,37H,3-5H2,(H,26,35)(H,27,32)(H,28,36)(H,33,34)/t11-,15?/m0/s1. The van der Waals surface area contributed by atoms with Gasteiger partial charge < -0.3 is 40.9 Å². The van der Waals surface area contributed by atoms with Crippen LogP contribution >= 0.6 is 11.6 Å². The summed E-state index contributed by atoms with van der Waals surface area (Å²) < 4.78 is 34.0. The Hall–Kier alpha value is -4.31. The molecule has 2 atom stereocenters. The number of aromatic hydroxyl groups is 2. The third-order valence-electron chi connectivity index (χ3n) is 5.88. The van der Waals surface area contributed by atoms with E-state index in [1.807, 2.05) is 0 Å². The third-order valence-corrected chi connectivity index (χ3v) is 6.26. The Bertz CT molecular complexity index is 1360. The van der Waals surface area contributed by atoms with Gasteiger partial charge in [0.25, 0.3) is 0 Å². The van der Waals surface area contributed by atoms with Crippen LogP contribution < -0.4 is 20.6 Å². The first kappa shape index (κ1) is 26.7. The molecule has 5 amide bonds. The average Bonchev–Trinajstić information content (AvgIpc) is 3.28. The molecule has 1 unspecified atom stereocenters. The number of nitrogens with zero attached hydrogens (tertiary/aromatic N) is 1. The molecular weight excluding hydrogens is 537 g/mol. The number of imide groups is 1. The molecule has 0 bridgehead atoms. The molecule has 1 fully saturated rings. The highest BCUT2D eigenvalue weighted by atomic mass is 35.5. The van der Waals surface area contributed by atoms with E-state index in [0.717, 1.165) is 6.07 Å². The van der Waals surface area contributed by atoms with Crippen LogP contribution in [0, 0.1) is 11.6 Å². The number of aromatic carboxylic acids is 1. The van der Waals surface area contributed by atoms with Crippen LogP contribution in [0.25, 0.3) is 0 Å². The first-order valence-corrected chi connectivity index (χ1v) is 11.2. The van der Waals surface area contributed by atoms with Crippen molar-refractivity contribution >= 4 is 42.7 Å². The SMILES string of the molecule is O=C(O)c1c(F)ccc2c1OB(O)[C@@H](NC(=O)C(NC(=O)N1CCNC1=O)c1c(F)cc(O)c(O)c1Cl)C2. The Morgan fingerprint density at radius 2 is 1.95 bits per heavy atom. The fraction of sp³-hybridized carbons (Fsp3) is 0.238. The number of carbonyl (C=O) groups is 4. The normalized spacial score (nSPS) is 17.3. The van der Waals surface area contributed by atoms with Crippen LogP contribution in [0.15, 0.2) is 18.2 Å². The summed E-state index contributed by atoms with van der Waals surface area (Å²) in [6.07, 6.45) is -0.269. The van der Waals surface area contributed by atoms with Gasteiger partial charge in [-0.05, 0) is 18.1 Å². The van der Waals surface area contributed by atoms with E-state index in [1.165, 1.54) is 6.07 Å². The van der Waals surface area contributed by atoms with Gasteiger partial charge in [-0.2, -0.15) is 0 Å². The van der Waals surface area contributed by atoms with Crippen LogP contribution in [-0.4, -0.2) is 75.3 Å². The van der Waals surface area contributed by atoms with Crippen molar-refractivity contribution in [3.63, 3.8) is 0 Å². The molecule has 17 heteroatoms. The second-order valence-corrected chi connectivity index (χ2v) is 8.64. The Kier molecular flexibility index (Phi) is 7.19. The van der Waals surface area contributed by atoms with Gasteiger partial charge in [0.2, 0.25) is 5.91 Å². The number of amides is 5. The lowest BCUT2D eigenvalue weighted by molar-refractivity contribution is -0.123. The largest absolute Gasteiger partial charge is 0.547 e. The summed E-state index contributed by atoms with van der Waals surface area (Å²) in [5.74, 6) is -8.97. The molecule has 2 aromatic rings. The van der Waals surface area contributed by atoms with Crippen LogP contribution in [0.5, 0.6) is 17.2 Å². The predicted octanol–water partition coefficient (Wildman–Crippen LogP) is 0.643. The zero-order chi connectivity index (χ0) is 27.9. The first-order valence-electron chi connectivity index (χ1n) is 10.9. The lowest BCUT2D eigenvalue weighted by Gasteiger charge is -2.31. The number of carbonyl (C=O) groups excluding carboxylic acids is 3. The summed E-state index contributed by atoms with van der Waals surface area (Å²) in [7, 11) is -1.90. The molecule has 13 nitrogen and oxygen atoms in total. The molecule has 2 aliphatic heterocycles. The molecule has 0 radical (unpaired) electrons. The van der Waals surface area contributed by atoms with Gasteiger partial charge in [0, 0.05) is 24.7 Å². The van der Waals surface area contributed by atoms with Crippen LogP contribution in [0.1, 0.15) is 27.5 Å². The Labute approximate surface area is 217 Å². The molecule has 2 aliphatic rings. The van der Waals surface area contributed by atoms with Crippen LogP contribution in [0.3, 0.4) is 0 Å². The number of carboxylic acid groups (broad SMARTS) is 1. The Morgan fingerprint density at radius 3 is 2.58 bits per heavy atom. The minimum Gasteiger partial charge on any atom is -0.534 e. The van der Waals surface area contributed by atoms with Gasteiger partial charge in [0.05, 0.1) is 11.0 Å². The van der Waals surface area contributed by atoms with Crippen molar-refractivity contribution < 1.29 is 53.0 Å². The van der Waals surface area contributed by atoms with E-state index < -0.39 is 88.1 Å². The third kappa shape index (κ3) is 4.82. The second kappa shape index (κ2) is 10.2. The number of hydrogen-bond acceptors (Lipinski definition) is 8. The molecular formula is C21H18BClF2N4O9. The zero-order valence-electron chi connectivity index (χ0n) is 19.0. The summed E-state index contributed by atoms with van der Waals surface area (Å²) in [6, 6.07) is -1.44. The number of phenols is 2. The number of benzene rings is 2. The lowest BCUT2D eigenvalue weighted by Crippen LogP contribution is -2.56. The molecule has 0 spiro atoms. The number of hydrogen-bond donors (Lipinski definition) is 7. The van der Waals surface area contributed by atoms with E-state index in [-0.39, 0.29) is 25.1 Å². The van der Waals surface area contributed by atoms with Crippen LogP contribution in [-0.2, 0) is 11.2 Å². The van der Waals surface area contributed by atoms with E-state index in [4.69, 9.17) is 16.3 Å². The van der Waals surface area contributed by atoms with Gasteiger partial charge in [-0.25, -0.2) is 28.1 Å². The van der Waals surface area contributed by atoms with Crippen molar-refractivity contribution in [3.8, 4) is 17.2 Å². The fourth-order valence-electron chi connectivity index (χ4n) is 4.04. The Balaban J connectivity index is 1.66. The second-order valence-electron chi connectivity index (χ2n) is 8.26. The summed E-state index contributed by atoms with van der Waals surface area (Å²) in [6.45, 7) is 0.0344. The highest BCUT2D eigenvalue weighted by Crippen LogP contribution is 2.40. The molecule has 200 valence electrons. The lowest BCUT2D eigenvalue weighted by atomic mass is 9.72. The minimum absolute atomic E-state index is 0.0789. The van der Waals surface area contributed by atoms with E-state index in [9.17, 15) is 48.3 Å².